The van der Waals surface area contributed by atoms with Gasteiger partial charge in [-0.25, -0.2) is 8.42 Å². The Morgan fingerprint density at radius 2 is 1.92 bits per heavy atom. The zero-order valence-electron chi connectivity index (χ0n) is 14.3. The number of alkyl halides is 3. The minimum atomic E-state index is -4.75. The van der Waals surface area contributed by atoms with Crippen molar-refractivity contribution in [3.63, 3.8) is 0 Å². The molecule has 0 aromatic heterocycles. The van der Waals surface area contributed by atoms with Crippen LogP contribution >= 0.6 is 0 Å². The Morgan fingerprint density at radius 1 is 1.28 bits per heavy atom. The first-order valence-corrected chi connectivity index (χ1v) is 9.38. The number of aliphatic hydroxyl groups is 1. The van der Waals surface area contributed by atoms with Crippen molar-refractivity contribution in [3.8, 4) is 0 Å². The summed E-state index contributed by atoms with van der Waals surface area (Å²) in [7, 11) is -0.690. The second-order valence-corrected chi connectivity index (χ2v) is 8.74. The summed E-state index contributed by atoms with van der Waals surface area (Å²) in [5, 5.41) is 9.80. The van der Waals surface area contributed by atoms with E-state index in [0.29, 0.717) is 19.4 Å². The van der Waals surface area contributed by atoms with Crippen LogP contribution in [0, 0.1) is 5.41 Å². The Morgan fingerprint density at radius 3 is 2.48 bits per heavy atom. The third-order valence-electron chi connectivity index (χ3n) is 4.42. The van der Waals surface area contributed by atoms with E-state index in [4.69, 9.17) is 0 Å². The first-order chi connectivity index (χ1) is 11.5. The van der Waals surface area contributed by atoms with E-state index in [-0.39, 0.29) is 19.7 Å². The number of benzene rings is 1. The molecule has 0 aliphatic carbocycles. The van der Waals surface area contributed by atoms with Crippen molar-refractivity contribution in [2.24, 2.45) is 5.41 Å². The van der Waals surface area contributed by atoms with Gasteiger partial charge in [-0.05, 0) is 39.1 Å². The molecule has 0 bridgehead atoms. The van der Waals surface area contributed by atoms with E-state index in [1.165, 1.54) is 12.1 Å². The van der Waals surface area contributed by atoms with Gasteiger partial charge in [-0.15, -0.1) is 0 Å². The lowest BCUT2D eigenvalue weighted by atomic mass is 9.81. The molecular weight excluding hydrogens is 357 g/mol. The predicted molar refractivity (Wildman–Crippen MR) is 87.5 cm³/mol. The number of piperidine rings is 1. The van der Waals surface area contributed by atoms with E-state index in [1.54, 1.807) is 0 Å². The molecule has 2 rings (SSSR count). The van der Waals surface area contributed by atoms with Crippen LogP contribution < -0.4 is 0 Å². The van der Waals surface area contributed by atoms with Gasteiger partial charge in [0.15, 0.2) is 0 Å². The minimum Gasteiger partial charge on any atom is -0.396 e. The molecular formula is C16H23F3N2O3S. The predicted octanol–water partition coefficient (Wildman–Crippen LogP) is 2.03. The monoisotopic (exact) mass is 380 g/mol. The molecule has 0 saturated carbocycles. The molecule has 1 aliphatic heterocycles. The van der Waals surface area contributed by atoms with Crippen LogP contribution in [0.5, 0.6) is 0 Å². The summed E-state index contributed by atoms with van der Waals surface area (Å²) < 4.78 is 66.4. The maximum atomic E-state index is 13.2. The fraction of sp³-hybridized carbons (Fsp3) is 0.625. The lowest BCUT2D eigenvalue weighted by Crippen LogP contribution is -2.52. The molecule has 1 fully saturated rings. The molecule has 25 heavy (non-hydrogen) atoms. The smallest absolute Gasteiger partial charge is 0.396 e. The Kier molecular flexibility index (Phi) is 5.82. The molecule has 1 heterocycles. The zero-order chi connectivity index (χ0) is 18.9. The van der Waals surface area contributed by atoms with E-state index in [2.05, 4.69) is 0 Å². The SMILES string of the molecule is CN(C)CC1(CO)CCCN(S(=O)(=O)c2ccccc2C(F)(F)F)C1. The van der Waals surface area contributed by atoms with Crippen LogP contribution in [0.25, 0.3) is 0 Å². The van der Waals surface area contributed by atoms with Gasteiger partial charge in [0, 0.05) is 25.0 Å². The van der Waals surface area contributed by atoms with E-state index >= 15 is 0 Å². The maximum Gasteiger partial charge on any atom is 0.417 e. The van der Waals surface area contributed by atoms with Crippen LogP contribution in [0.4, 0.5) is 13.2 Å². The molecule has 1 saturated heterocycles. The van der Waals surface area contributed by atoms with Gasteiger partial charge in [-0.3, -0.25) is 0 Å². The van der Waals surface area contributed by atoms with Gasteiger partial charge in [0.05, 0.1) is 17.1 Å². The summed E-state index contributed by atoms with van der Waals surface area (Å²) >= 11 is 0. The number of nitrogens with zero attached hydrogens (tertiary/aromatic N) is 2. The second-order valence-electron chi connectivity index (χ2n) is 6.83. The van der Waals surface area contributed by atoms with Crippen LogP contribution in [-0.4, -0.2) is 63.1 Å². The third-order valence-corrected chi connectivity index (χ3v) is 6.33. The molecule has 1 N–H and O–H groups in total. The first kappa shape index (κ1) is 20.2. The average Bonchev–Trinajstić information content (AvgIpc) is 2.53. The van der Waals surface area contributed by atoms with Gasteiger partial charge >= 0.3 is 6.18 Å². The number of aliphatic hydroxyl groups excluding tert-OH is 1. The highest BCUT2D eigenvalue weighted by molar-refractivity contribution is 7.89. The van der Waals surface area contributed by atoms with Crippen molar-refractivity contribution in [1.29, 1.82) is 0 Å². The summed E-state index contributed by atoms with van der Waals surface area (Å²) in [4.78, 5) is 1.11. The highest BCUT2D eigenvalue weighted by atomic mass is 32.2. The third kappa shape index (κ3) is 4.33. The average molecular weight is 380 g/mol. The lowest BCUT2D eigenvalue weighted by Gasteiger charge is -2.42. The molecule has 1 aromatic carbocycles. The molecule has 0 amide bonds. The lowest BCUT2D eigenvalue weighted by molar-refractivity contribution is -0.139. The standard InChI is InChI=1S/C16H23F3N2O3S/c1-20(2)10-15(12-22)8-5-9-21(11-15)25(23,24)14-7-4-3-6-13(14)16(17,18)19/h3-4,6-7,22H,5,8-12H2,1-2H3. The van der Waals surface area contributed by atoms with Gasteiger partial charge < -0.3 is 10.0 Å². The van der Waals surface area contributed by atoms with Crippen molar-refractivity contribution in [3.05, 3.63) is 29.8 Å². The fourth-order valence-electron chi connectivity index (χ4n) is 3.41. The normalized spacial score (nSPS) is 23.2. The highest BCUT2D eigenvalue weighted by Crippen LogP contribution is 2.38. The van der Waals surface area contributed by atoms with Crippen molar-refractivity contribution in [2.75, 3.05) is 40.3 Å². The largest absolute Gasteiger partial charge is 0.417 e. The van der Waals surface area contributed by atoms with Gasteiger partial charge in [-0.1, -0.05) is 12.1 Å². The molecule has 1 aliphatic rings. The maximum absolute atomic E-state index is 13.2. The molecule has 1 unspecified atom stereocenters. The van der Waals surface area contributed by atoms with Crippen molar-refractivity contribution in [1.82, 2.24) is 9.21 Å². The van der Waals surface area contributed by atoms with Crippen LogP contribution in [0.3, 0.4) is 0 Å². The number of sulfonamides is 1. The van der Waals surface area contributed by atoms with Crippen molar-refractivity contribution >= 4 is 10.0 Å². The van der Waals surface area contributed by atoms with Gasteiger partial charge in [0.2, 0.25) is 10.0 Å². The van der Waals surface area contributed by atoms with Crippen LogP contribution in [-0.2, 0) is 16.2 Å². The van der Waals surface area contributed by atoms with Crippen LogP contribution in [0.2, 0.25) is 0 Å². The Bertz CT molecular complexity index is 707. The number of hydrogen-bond acceptors (Lipinski definition) is 4. The summed E-state index contributed by atoms with van der Waals surface area (Å²) in [6.45, 7) is 0.370. The summed E-state index contributed by atoms with van der Waals surface area (Å²) in [5.74, 6) is 0. The molecule has 1 aromatic rings. The molecule has 0 spiro atoms. The number of halogens is 3. The summed E-state index contributed by atoms with van der Waals surface area (Å²) in [6.07, 6.45) is -3.65. The minimum absolute atomic E-state index is 0.00377. The first-order valence-electron chi connectivity index (χ1n) is 7.94. The van der Waals surface area contributed by atoms with Gasteiger partial charge in [0.1, 0.15) is 0 Å². The molecule has 142 valence electrons. The van der Waals surface area contributed by atoms with E-state index in [1.807, 2.05) is 19.0 Å². The van der Waals surface area contributed by atoms with Gasteiger partial charge in [0.25, 0.3) is 0 Å². The molecule has 1 atom stereocenters. The molecule has 5 nitrogen and oxygen atoms in total. The van der Waals surface area contributed by atoms with Crippen molar-refractivity contribution in [2.45, 2.75) is 23.9 Å². The number of rotatable bonds is 5. The topological polar surface area (TPSA) is 60.9 Å². The Labute approximate surface area is 146 Å². The summed E-state index contributed by atoms with van der Waals surface area (Å²) in [6, 6.07) is 4.21. The van der Waals surface area contributed by atoms with E-state index in [9.17, 15) is 26.7 Å². The Hall–Kier alpha value is -1.16. The number of hydrogen-bond donors (Lipinski definition) is 1. The van der Waals surface area contributed by atoms with Crippen LogP contribution in [0.1, 0.15) is 18.4 Å². The molecule has 0 radical (unpaired) electrons. The van der Waals surface area contributed by atoms with Crippen molar-refractivity contribution < 1.29 is 26.7 Å². The zero-order valence-corrected chi connectivity index (χ0v) is 15.1. The van der Waals surface area contributed by atoms with E-state index in [0.717, 1.165) is 16.4 Å². The fourth-order valence-corrected chi connectivity index (χ4v) is 5.22. The Balaban J connectivity index is 2.41. The summed E-state index contributed by atoms with van der Waals surface area (Å²) in [5.41, 5.74) is -1.84. The van der Waals surface area contributed by atoms with E-state index < -0.39 is 32.1 Å². The highest BCUT2D eigenvalue weighted by Gasteiger charge is 2.43. The van der Waals surface area contributed by atoms with Crippen LogP contribution in [0.15, 0.2) is 29.2 Å². The van der Waals surface area contributed by atoms with Gasteiger partial charge in [-0.2, -0.15) is 17.5 Å². The molecule has 9 heteroatoms. The quantitative estimate of drug-likeness (QED) is 0.849. The second kappa shape index (κ2) is 7.22.